The molecule has 0 aromatic heterocycles. The first kappa shape index (κ1) is 11.8. The molecule has 78 valence electrons. The molecule has 1 N–H and O–H groups in total. The molecule has 0 aliphatic heterocycles. The molecule has 0 aliphatic rings. The molecule has 0 amide bonds. The lowest BCUT2D eigenvalue weighted by atomic mass is 10.0. The molecule has 1 atom stereocenters. The van der Waals surface area contributed by atoms with Crippen LogP contribution in [0.25, 0.3) is 0 Å². The maximum absolute atomic E-state index is 9.59. The third kappa shape index (κ3) is 3.49. The van der Waals surface area contributed by atoms with Gasteiger partial charge in [-0.25, -0.2) is 0 Å². The summed E-state index contributed by atoms with van der Waals surface area (Å²) >= 11 is 11.6. The highest BCUT2D eigenvalue weighted by Gasteiger charge is 2.05. The Kier molecular flexibility index (Phi) is 4.73. The summed E-state index contributed by atoms with van der Waals surface area (Å²) in [6.07, 6.45) is 2.17. The van der Waals surface area contributed by atoms with Gasteiger partial charge in [0.2, 0.25) is 0 Å². The van der Waals surface area contributed by atoms with Gasteiger partial charge in [0.25, 0.3) is 0 Å². The molecule has 0 fully saturated rings. The first-order valence-electron chi connectivity index (χ1n) is 4.75. The minimum absolute atomic E-state index is 0.280. The highest BCUT2D eigenvalue weighted by molar-refractivity contribution is 6.42. The summed E-state index contributed by atoms with van der Waals surface area (Å²) in [5, 5.41) is 10.7. The van der Waals surface area contributed by atoms with Crippen LogP contribution in [0.5, 0.6) is 0 Å². The summed E-state index contributed by atoms with van der Waals surface area (Å²) in [5.41, 5.74) is 1.03. The van der Waals surface area contributed by atoms with Gasteiger partial charge in [-0.1, -0.05) is 42.6 Å². The molecule has 1 unspecified atom stereocenters. The topological polar surface area (TPSA) is 20.2 Å². The summed E-state index contributed by atoms with van der Waals surface area (Å²) in [5.74, 6) is 0. The second kappa shape index (κ2) is 5.59. The summed E-state index contributed by atoms with van der Waals surface area (Å²) < 4.78 is 0. The van der Waals surface area contributed by atoms with Gasteiger partial charge >= 0.3 is 0 Å². The Hall–Kier alpha value is -0.240. The molecule has 1 aromatic rings. The third-order valence-corrected chi connectivity index (χ3v) is 2.82. The summed E-state index contributed by atoms with van der Waals surface area (Å²) in [7, 11) is 0. The molecule has 0 bridgehead atoms. The quantitative estimate of drug-likeness (QED) is 0.840. The van der Waals surface area contributed by atoms with Crippen molar-refractivity contribution in [1.82, 2.24) is 0 Å². The van der Waals surface area contributed by atoms with Gasteiger partial charge in [-0.15, -0.1) is 0 Å². The minimum atomic E-state index is -0.280. The molecule has 1 rings (SSSR count). The lowest BCUT2D eigenvalue weighted by molar-refractivity contribution is 0.164. The molecule has 0 aliphatic carbocycles. The number of aliphatic hydroxyl groups excluding tert-OH is 1. The fourth-order valence-corrected chi connectivity index (χ4v) is 1.69. The van der Waals surface area contributed by atoms with Crippen LogP contribution in [-0.4, -0.2) is 11.2 Å². The second-order valence-corrected chi connectivity index (χ2v) is 4.21. The largest absolute Gasteiger partial charge is 0.393 e. The van der Waals surface area contributed by atoms with Gasteiger partial charge in [-0.05, 0) is 30.5 Å². The fourth-order valence-electron chi connectivity index (χ4n) is 1.37. The summed E-state index contributed by atoms with van der Waals surface area (Å²) in [6, 6.07) is 5.47. The van der Waals surface area contributed by atoms with Crippen molar-refractivity contribution in [3.05, 3.63) is 33.8 Å². The van der Waals surface area contributed by atoms with Crippen molar-refractivity contribution < 1.29 is 5.11 Å². The zero-order chi connectivity index (χ0) is 10.6. The Labute approximate surface area is 94.7 Å². The zero-order valence-corrected chi connectivity index (χ0v) is 9.65. The first-order valence-corrected chi connectivity index (χ1v) is 5.51. The van der Waals surface area contributed by atoms with E-state index < -0.39 is 0 Å². The van der Waals surface area contributed by atoms with Crippen LogP contribution in [0.2, 0.25) is 10.0 Å². The second-order valence-electron chi connectivity index (χ2n) is 3.40. The van der Waals surface area contributed by atoms with Crippen molar-refractivity contribution >= 4 is 23.2 Å². The van der Waals surface area contributed by atoms with E-state index in [0.29, 0.717) is 16.5 Å². The standard InChI is InChI=1S/C11H14Cl2O/c1-2-3-9(14)6-8-4-5-10(12)11(13)7-8/h4-5,7,9,14H,2-3,6H2,1H3. The van der Waals surface area contributed by atoms with Crippen molar-refractivity contribution in [2.75, 3.05) is 0 Å². The van der Waals surface area contributed by atoms with Gasteiger partial charge in [0.1, 0.15) is 0 Å². The molecule has 14 heavy (non-hydrogen) atoms. The van der Waals surface area contributed by atoms with Crippen LogP contribution in [0.4, 0.5) is 0 Å². The van der Waals surface area contributed by atoms with Gasteiger partial charge in [-0.2, -0.15) is 0 Å². The maximum atomic E-state index is 9.59. The predicted molar refractivity (Wildman–Crippen MR) is 61.1 cm³/mol. The number of benzene rings is 1. The van der Waals surface area contributed by atoms with Gasteiger partial charge < -0.3 is 5.11 Å². The van der Waals surface area contributed by atoms with Crippen LogP contribution >= 0.6 is 23.2 Å². The van der Waals surface area contributed by atoms with E-state index in [1.165, 1.54) is 0 Å². The van der Waals surface area contributed by atoms with E-state index in [9.17, 15) is 5.11 Å². The van der Waals surface area contributed by atoms with E-state index in [1.807, 2.05) is 12.1 Å². The first-order chi connectivity index (χ1) is 6.63. The Morgan fingerprint density at radius 2 is 2.00 bits per heavy atom. The van der Waals surface area contributed by atoms with Crippen molar-refractivity contribution in [3.8, 4) is 0 Å². The van der Waals surface area contributed by atoms with Crippen molar-refractivity contribution in [3.63, 3.8) is 0 Å². The minimum Gasteiger partial charge on any atom is -0.393 e. The molecule has 1 nitrogen and oxygen atoms in total. The normalized spacial score (nSPS) is 12.9. The van der Waals surface area contributed by atoms with Gasteiger partial charge in [0.15, 0.2) is 0 Å². The van der Waals surface area contributed by atoms with Crippen LogP contribution in [0.3, 0.4) is 0 Å². The monoisotopic (exact) mass is 232 g/mol. The number of hydrogen-bond donors (Lipinski definition) is 1. The number of rotatable bonds is 4. The average Bonchev–Trinajstić information content (AvgIpc) is 2.12. The molecule has 0 heterocycles. The molecule has 0 saturated carbocycles. The Bertz CT molecular complexity index is 299. The molecule has 0 spiro atoms. The van der Waals surface area contributed by atoms with Crippen molar-refractivity contribution in [1.29, 1.82) is 0 Å². The molecular formula is C11H14Cl2O. The van der Waals surface area contributed by atoms with E-state index in [-0.39, 0.29) is 6.10 Å². The van der Waals surface area contributed by atoms with Gasteiger partial charge in [-0.3, -0.25) is 0 Å². The van der Waals surface area contributed by atoms with E-state index in [2.05, 4.69) is 6.92 Å². The lowest BCUT2D eigenvalue weighted by Crippen LogP contribution is -2.09. The fraction of sp³-hybridized carbons (Fsp3) is 0.455. The smallest absolute Gasteiger partial charge is 0.0595 e. The number of halogens is 2. The Morgan fingerprint density at radius 1 is 1.29 bits per heavy atom. The average molecular weight is 233 g/mol. The van der Waals surface area contributed by atoms with Crippen LogP contribution < -0.4 is 0 Å². The Balaban J connectivity index is 2.63. The van der Waals surface area contributed by atoms with Crippen LogP contribution in [0, 0.1) is 0 Å². The van der Waals surface area contributed by atoms with E-state index in [1.54, 1.807) is 6.07 Å². The van der Waals surface area contributed by atoms with Crippen LogP contribution in [-0.2, 0) is 6.42 Å². The summed E-state index contributed by atoms with van der Waals surface area (Å²) in [4.78, 5) is 0. The van der Waals surface area contributed by atoms with E-state index in [4.69, 9.17) is 23.2 Å². The van der Waals surface area contributed by atoms with Crippen LogP contribution in [0.1, 0.15) is 25.3 Å². The molecule has 0 saturated heterocycles. The highest BCUT2D eigenvalue weighted by atomic mass is 35.5. The van der Waals surface area contributed by atoms with Crippen molar-refractivity contribution in [2.45, 2.75) is 32.3 Å². The third-order valence-electron chi connectivity index (χ3n) is 2.08. The van der Waals surface area contributed by atoms with Crippen LogP contribution in [0.15, 0.2) is 18.2 Å². The zero-order valence-electron chi connectivity index (χ0n) is 8.13. The van der Waals surface area contributed by atoms with E-state index >= 15 is 0 Å². The van der Waals surface area contributed by atoms with Gasteiger partial charge in [0.05, 0.1) is 16.1 Å². The maximum Gasteiger partial charge on any atom is 0.0595 e. The lowest BCUT2D eigenvalue weighted by Gasteiger charge is -2.09. The molecule has 1 aromatic carbocycles. The van der Waals surface area contributed by atoms with Gasteiger partial charge in [0, 0.05) is 0 Å². The Morgan fingerprint density at radius 3 is 2.57 bits per heavy atom. The molecule has 0 radical (unpaired) electrons. The predicted octanol–water partition coefficient (Wildman–Crippen LogP) is 3.70. The number of hydrogen-bond acceptors (Lipinski definition) is 1. The number of aliphatic hydroxyl groups is 1. The van der Waals surface area contributed by atoms with E-state index in [0.717, 1.165) is 18.4 Å². The molecular weight excluding hydrogens is 219 g/mol. The van der Waals surface area contributed by atoms with Crippen molar-refractivity contribution in [2.24, 2.45) is 0 Å². The molecule has 3 heteroatoms. The summed E-state index contributed by atoms with van der Waals surface area (Å²) in [6.45, 7) is 2.05. The highest BCUT2D eigenvalue weighted by Crippen LogP contribution is 2.23. The SMILES string of the molecule is CCCC(O)Cc1ccc(Cl)c(Cl)c1.